The highest BCUT2D eigenvalue weighted by Gasteiger charge is 2.17. The number of carbonyl (C=O) groups is 1. The summed E-state index contributed by atoms with van der Waals surface area (Å²) in [4.78, 5) is 24.3. The normalized spacial score (nSPS) is 10.7. The molecule has 0 saturated heterocycles. The minimum atomic E-state index is -0.542. The lowest BCUT2D eigenvalue weighted by atomic mass is 10.1. The first kappa shape index (κ1) is 17.7. The number of amides is 1. The van der Waals surface area contributed by atoms with E-state index in [9.17, 15) is 14.0 Å². The van der Waals surface area contributed by atoms with Crippen molar-refractivity contribution >= 4 is 5.91 Å². The molecule has 24 heavy (non-hydrogen) atoms. The first-order chi connectivity index (χ1) is 11.4. The molecule has 0 radical (unpaired) electrons. The fourth-order valence-corrected chi connectivity index (χ4v) is 2.07. The van der Waals surface area contributed by atoms with Gasteiger partial charge in [0.2, 0.25) is 11.3 Å². The van der Waals surface area contributed by atoms with E-state index in [0.29, 0.717) is 18.2 Å². The van der Waals surface area contributed by atoms with Crippen LogP contribution in [0.15, 0.2) is 35.1 Å². The number of carbonyl (C=O) groups excluding carboxylic acids is 1. The van der Waals surface area contributed by atoms with Gasteiger partial charge in [-0.05, 0) is 36.6 Å². The van der Waals surface area contributed by atoms with Crippen molar-refractivity contribution in [1.82, 2.24) is 15.1 Å². The molecule has 2 aromatic rings. The van der Waals surface area contributed by atoms with Crippen LogP contribution in [0.4, 0.5) is 4.39 Å². The number of halogens is 1. The second-order valence-electron chi connectivity index (χ2n) is 5.73. The van der Waals surface area contributed by atoms with Crippen LogP contribution in [0.3, 0.4) is 0 Å². The van der Waals surface area contributed by atoms with E-state index < -0.39 is 17.2 Å². The van der Waals surface area contributed by atoms with E-state index in [4.69, 9.17) is 4.74 Å². The van der Waals surface area contributed by atoms with Crippen molar-refractivity contribution in [3.8, 4) is 11.6 Å². The van der Waals surface area contributed by atoms with E-state index in [2.05, 4.69) is 10.4 Å². The lowest BCUT2D eigenvalue weighted by Gasteiger charge is -2.13. The Morgan fingerprint density at radius 2 is 2.00 bits per heavy atom. The molecule has 128 valence electrons. The Hall–Kier alpha value is -2.70. The summed E-state index contributed by atoms with van der Waals surface area (Å²) >= 11 is 0. The van der Waals surface area contributed by atoms with Gasteiger partial charge in [-0.2, -0.15) is 5.10 Å². The van der Waals surface area contributed by atoms with Crippen LogP contribution in [0.1, 0.15) is 30.8 Å². The predicted molar refractivity (Wildman–Crippen MR) is 88.1 cm³/mol. The standard InChI is InChI=1S/C17H20FN3O3/c1-11(2)8-9-19-17(23)16-14(22)10-15(24-3)21(20-16)13-6-4-12(18)5-7-13/h4-7,10-11H,8-9H2,1-3H3,(H,19,23). The highest BCUT2D eigenvalue weighted by molar-refractivity contribution is 5.92. The molecule has 0 spiro atoms. The maximum absolute atomic E-state index is 13.1. The number of hydrogen-bond acceptors (Lipinski definition) is 4. The number of ether oxygens (including phenoxy) is 1. The highest BCUT2D eigenvalue weighted by atomic mass is 19.1. The molecule has 1 amide bonds. The fourth-order valence-electron chi connectivity index (χ4n) is 2.07. The van der Waals surface area contributed by atoms with Gasteiger partial charge in [-0.25, -0.2) is 9.07 Å². The Morgan fingerprint density at radius 1 is 1.33 bits per heavy atom. The van der Waals surface area contributed by atoms with Gasteiger partial charge in [-0.15, -0.1) is 0 Å². The summed E-state index contributed by atoms with van der Waals surface area (Å²) in [6, 6.07) is 6.67. The number of nitrogens with zero attached hydrogens (tertiary/aromatic N) is 2. The van der Waals surface area contributed by atoms with Gasteiger partial charge in [0.05, 0.1) is 18.9 Å². The molecule has 0 aliphatic heterocycles. The van der Waals surface area contributed by atoms with E-state index in [1.807, 2.05) is 13.8 Å². The molecule has 0 saturated carbocycles. The first-order valence-electron chi connectivity index (χ1n) is 7.65. The third kappa shape index (κ3) is 4.18. The molecule has 1 heterocycles. The lowest BCUT2D eigenvalue weighted by molar-refractivity contribution is 0.0943. The van der Waals surface area contributed by atoms with Gasteiger partial charge in [0, 0.05) is 6.54 Å². The van der Waals surface area contributed by atoms with Gasteiger partial charge >= 0.3 is 0 Å². The smallest absolute Gasteiger partial charge is 0.275 e. The van der Waals surface area contributed by atoms with Crippen LogP contribution in [0, 0.1) is 11.7 Å². The molecule has 0 aliphatic carbocycles. The molecule has 0 unspecified atom stereocenters. The van der Waals surface area contributed by atoms with Crippen molar-refractivity contribution in [2.24, 2.45) is 5.92 Å². The van der Waals surface area contributed by atoms with Crippen molar-refractivity contribution < 1.29 is 13.9 Å². The van der Waals surface area contributed by atoms with Gasteiger partial charge in [0.25, 0.3) is 5.91 Å². The van der Waals surface area contributed by atoms with Gasteiger partial charge in [0.1, 0.15) is 5.82 Å². The van der Waals surface area contributed by atoms with Crippen LogP contribution in [-0.4, -0.2) is 29.3 Å². The molecule has 1 N–H and O–H groups in total. The Balaban J connectivity index is 2.36. The zero-order valence-electron chi connectivity index (χ0n) is 13.9. The topological polar surface area (TPSA) is 73.2 Å². The van der Waals surface area contributed by atoms with Gasteiger partial charge in [0.15, 0.2) is 5.69 Å². The molecule has 0 atom stereocenters. The second-order valence-corrected chi connectivity index (χ2v) is 5.73. The third-order valence-corrected chi connectivity index (χ3v) is 3.40. The Morgan fingerprint density at radius 3 is 2.58 bits per heavy atom. The molecule has 0 aliphatic rings. The largest absolute Gasteiger partial charge is 0.481 e. The molecule has 0 fully saturated rings. The fraction of sp³-hybridized carbons (Fsp3) is 0.353. The number of benzene rings is 1. The van der Waals surface area contributed by atoms with Crippen LogP contribution < -0.4 is 15.5 Å². The van der Waals surface area contributed by atoms with Crippen LogP contribution in [0.25, 0.3) is 5.69 Å². The molecule has 6 nitrogen and oxygen atoms in total. The summed E-state index contributed by atoms with van der Waals surface area (Å²) in [5.41, 5.74) is -0.291. The van der Waals surface area contributed by atoms with E-state index in [1.54, 1.807) is 0 Å². The molecular formula is C17H20FN3O3. The minimum absolute atomic E-state index is 0.158. The van der Waals surface area contributed by atoms with Crippen LogP contribution in [0.2, 0.25) is 0 Å². The Kier molecular flexibility index (Phi) is 5.68. The highest BCUT2D eigenvalue weighted by Crippen LogP contribution is 2.15. The van der Waals surface area contributed by atoms with Crippen molar-refractivity contribution in [1.29, 1.82) is 0 Å². The van der Waals surface area contributed by atoms with Gasteiger partial charge < -0.3 is 10.1 Å². The second kappa shape index (κ2) is 7.72. The maximum atomic E-state index is 13.1. The van der Waals surface area contributed by atoms with E-state index >= 15 is 0 Å². The van der Waals surface area contributed by atoms with Crippen LogP contribution in [-0.2, 0) is 0 Å². The van der Waals surface area contributed by atoms with Crippen LogP contribution in [0.5, 0.6) is 5.88 Å². The first-order valence-corrected chi connectivity index (χ1v) is 7.65. The van der Waals surface area contributed by atoms with Gasteiger partial charge in [-0.1, -0.05) is 13.8 Å². The molecular weight excluding hydrogens is 313 g/mol. The predicted octanol–water partition coefficient (Wildman–Crippen LogP) is 2.16. The summed E-state index contributed by atoms with van der Waals surface area (Å²) in [7, 11) is 1.39. The van der Waals surface area contributed by atoms with Crippen molar-refractivity contribution in [3.05, 3.63) is 52.1 Å². The average molecular weight is 333 g/mol. The molecule has 7 heteroatoms. The van der Waals surface area contributed by atoms with E-state index in [1.165, 1.54) is 42.1 Å². The third-order valence-electron chi connectivity index (χ3n) is 3.40. The quantitative estimate of drug-likeness (QED) is 0.879. The monoisotopic (exact) mass is 333 g/mol. The maximum Gasteiger partial charge on any atom is 0.275 e. The molecule has 2 rings (SSSR count). The number of hydrogen-bond donors (Lipinski definition) is 1. The number of aromatic nitrogens is 2. The van der Waals surface area contributed by atoms with Crippen molar-refractivity contribution in [2.45, 2.75) is 20.3 Å². The Labute approximate surface area is 139 Å². The zero-order valence-corrected chi connectivity index (χ0v) is 13.9. The van der Waals surface area contributed by atoms with Crippen molar-refractivity contribution in [2.75, 3.05) is 13.7 Å². The molecule has 1 aromatic heterocycles. The summed E-state index contributed by atoms with van der Waals surface area (Å²) < 4.78 is 19.5. The number of rotatable bonds is 6. The summed E-state index contributed by atoms with van der Waals surface area (Å²) in [6.07, 6.45) is 0.800. The molecule has 0 bridgehead atoms. The van der Waals surface area contributed by atoms with Gasteiger partial charge in [-0.3, -0.25) is 9.59 Å². The average Bonchev–Trinajstić information content (AvgIpc) is 2.55. The van der Waals surface area contributed by atoms with E-state index in [0.717, 1.165) is 6.42 Å². The SMILES string of the molecule is COc1cc(=O)c(C(=O)NCCC(C)C)nn1-c1ccc(F)cc1. The summed E-state index contributed by atoms with van der Waals surface area (Å²) in [5, 5.41) is 6.77. The van der Waals surface area contributed by atoms with Crippen LogP contribution >= 0.6 is 0 Å². The zero-order chi connectivity index (χ0) is 17.7. The Bertz CT molecular complexity index is 770. The molecule has 1 aromatic carbocycles. The lowest BCUT2D eigenvalue weighted by Crippen LogP contribution is -2.32. The van der Waals surface area contributed by atoms with E-state index in [-0.39, 0.29) is 11.6 Å². The van der Waals surface area contributed by atoms with Crippen molar-refractivity contribution in [3.63, 3.8) is 0 Å². The summed E-state index contributed by atoms with van der Waals surface area (Å²) in [5.74, 6) is -0.347. The number of nitrogens with one attached hydrogen (secondary N) is 1. The number of methoxy groups -OCH3 is 1. The summed E-state index contributed by atoms with van der Waals surface area (Å²) in [6.45, 7) is 4.54. The minimum Gasteiger partial charge on any atom is -0.481 e.